The van der Waals surface area contributed by atoms with Crippen molar-refractivity contribution in [1.82, 2.24) is 9.44 Å². The van der Waals surface area contributed by atoms with Gasteiger partial charge in [-0.25, -0.2) is 0 Å². The molecule has 0 aromatic rings. The topological polar surface area (TPSA) is 108 Å². The first-order chi connectivity index (χ1) is 9.00. The van der Waals surface area contributed by atoms with Crippen LogP contribution in [-0.2, 0) is 10.2 Å². The molecule has 6 nitrogen and oxygen atoms in total. The fraction of sp³-hybridized carbons (Fsp3) is 0.923. The van der Waals surface area contributed by atoms with E-state index >= 15 is 0 Å². The Morgan fingerprint density at radius 1 is 1.35 bits per heavy atom. The average Bonchev–Trinajstić information content (AvgIpc) is 2.25. The van der Waals surface area contributed by atoms with E-state index in [1.807, 2.05) is 0 Å². The standard InChI is InChI=1S/C13H28N4O2S/c1-5-10-6-8-13(9-7-10,11(14)15)17-20(18,19)16-12(2,3)4/h10,16-17H,5-9H2,1-4H3,(H3,14,15). The molecule has 20 heavy (non-hydrogen) atoms. The minimum atomic E-state index is -3.69. The van der Waals surface area contributed by atoms with E-state index in [0.717, 1.165) is 19.3 Å². The Bertz CT molecular complexity index is 445. The number of hydrogen-bond donors (Lipinski definition) is 4. The molecule has 0 aliphatic heterocycles. The van der Waals surface area contributed by atoms with Crippen LogP contribution in [0.5, 0.6) is 0 Å². The van der Waals surface area contributed by atoms with Crippen LogP contribution in [0, 0.1) is 11.3 Å². The van der Waals surface area contributed by atoms with Crippen molar-refractivity contribution < 1.29 is 8.42 Å². The van der Waals surface area contributed by atoms with Crippen LogP contribution in [0.1, 0.15) is 59.8 Å². The molecule has 1 fully saturated rings. The van der Waals surface area contributed by atoms with Crippen molar-refractivity contribution in [1.29, 1.82) is 5.41 Å². The molecule has 1 rings (SSSR count). The Kier molecular flexibility index (Phi) is 5.21. The molecule has 0 radical (unpaired) electrons. The zero-order chi connectivity index (χ0) is 15.6. The summed E-state index contributed by atoms with van der Waals surface area (Å²) in [5.41, 5.74) is 4.20. The van der Waals surface area contributed by atoms with Crippen molar-refractivity contribution in [2.45, 2.75) is 70.9 Å². The molecular weight excluding hydrogens is 276 g/mol. The van der Waals surface area contributed by atoms with E-state index in [4.69, 9.17) is 11.1 Å². The fourth-order valence-electron chi connectivity index (χ4n) is 2.69. The number of hydrogen-bond acceptors (Lipinski definition) is 3. The lowest BCUT2D eigenvalue weighted by atomic mass is 9.75. The van der Waals surface area contributed by atoms with Crippen LogP contribution in [0.15, 0.2) is 0 Å². The van der Waals surface area contributed by atoms with Crippen molar-refractivity contribution in [2.24, 2.45) is 11.7 Å². The summed E-state index contributed by atoms with van der Waals surface area (Å²) in [6, 6.07) is 0. The second-order valence-electron chi connectivity index (χ2n) is 6.80. The van der Waals surface area contributed by atoms with Gasteiger partial charge in [-0.2, -0.15) is 17.9 Å². The number of rotatable bonds is 5. The zero-order valence-corrected chi connectivity index (χ0v) is 13.7. The third-order valence-corrected chi connectivity index (χ3v) is 5.36. The van der Waals surface area contributed by atoms with Crippen LogP contribution in [0.3, 0.4) is 0 Å². The van der Waals surface area contributed by atoms with Crippen LogP contribution >= 0.6 is 0 Å². The van der Waals surface area contributed by atoms with Gasteiger partial charge in [-0.15, -0.1) is 0 Å². The normalized spacial score (nSPS) is 28.3. The van der Waals surface area contributed by atoms with Gasteiger partial charge in [0, 0.05) is 5.54 Å². The predicted molar refractivity (Wildman–Crippen MR) is 81.8 cm³/mol. The quantitative estimate of drug-likeness (QED) is 0.456. The molecule has 0 aromatic carbocycles. The van der Waals surface area contributed by atoms with E-state index in [0.29, 0.717) is 18.8 Å². The van der Waals surface area contributed by atoms with E-state index in [2.05, 4.69) is 16.4 Å². The fourth-order valence-corrected chi connectivity index (χ4v) is 4.38. The lowest BCUT2D eigenvalue weighted by Gasteiger charge is -2.40. The van der Waals surface area contributed by atoms with Gasteiger partial charge in [0.1, 0.15) is 5.84 Å². The Morgan fingerprint density at radius 3 is 2.20 bits per heavy atom. The summed E-state index contributed by atoms with van der Waals surface area (Å²) in [4.78, 5) is 0. The molecule has 1 aliphatic rings. The molecular formula is C13H28N4O2S. The highest BCUT2D eigenvalue weighted by Gasteiger charge is 2.41. The summed E-state index contributed by atoms with van der Waals surface area (Å²) < 4.78 is 29.6. The van der Waals surface area contributed by atoms with Crippen molar-refractivity contribution in [2.75, 3.05) is 0 Å². The highest BCUT2D eigenvalue weighted by atomic mass is 32.2. The van der Waals surface area contributed by atoms with Crippen molar-refractivity contribution in [3.8, 4) is 0 Å². The molecule has 7 heteroatoms. The van der Waals surface area contributed by atoms with E-state index in [1.165, 1.54) is 0 Å². The Balaban J connectivity index is 2.86. The molecule has 5 N–H and O–H groups in total. The van der Waals surface area contributed by atoms with Gasteiger partial charge in [0.25, 0.3) is 10.2 Å². The first-order valence-corrected chi connectivity index (χ1v) is 8.65. The maximum Gasteiger partial charge on any atom is 0.278 e. The van der Waals surface area contributed by atoms with Gasteiger partial charge in [-0.05, 0) is 52.4 Å². The van der Waals surface area contributed by atoms with Gasteiger partial charge >= 0.3 is 0 Å². The second kappa shape index (κ2) is 5.99. The van der Waals surface area contributed by atoms with Crippen molar-refractivity contribution >= 4 is 16.0 Å². The van der Waals surface area contributed by atoms with E-state index in [-0.39, 0.29) is 5.84 Å². The first kappa shape index (κ1) is 17.4. The van der Waals surface area contributed by atoms with Crippen LogP contribution in [0.25, 0.3) is 0 Å². The van der Waals surface area contributed by atoms with Gasteiger partial charge in [-0.1, -0.05) is 13.3 Å². The molecule has 0 atom stereocenters. The van der Waals surface area contributed by atoms with Gasteiger partial charge in [-0.3, -0.25) is 5.41 Å². The maximum atomic E-state index is 12.2. The van der Waals surface area contributed by atoms with E-state index in [1.54, 1.807) is 20.8 Å². The van der Waals surface area contributed by atoms with E-state index in [9.17, 15) is 8.42 Å². The summed E-state index contributed by atoms with van der Waals surface area (Å²) in [6.45, 7) is 7.47. The Hall–Kier alpha value is -0.660. The molecule has 1 saturated carbocycles. The van der Waals surface area contributed by atoms with E-state index < -0.39 is 21.3 Å². The molecule has 0 aromatic heterocycles. The molecule has 0 saturated heterocycles. The van der Waals surface area contributed by atoms with Crippen LogP contribution in [0.2, 0.25) is 0 Å². The molecule has 1 aliphatic carbocycles. The summed E-state index contributed by atoms with van der Waals surface area (Å²) in [7, 11) is -3.69. The monoisotopic (exact) mass is 304 g/mol. The van der Waals surface area contributed by atoms with Crippen LogP contribution in [-0.4, -0.2) is 25.3 Å². The van der Waals surface area contributed by atoms with Gasteiger partial charge in [0.05, 0.1) is 5.54 Å². The lowest BCUT2D eigenvalue weighted by Crippen LogP contribution is -2.62. The van der Waals surface area contributed by atoms with Gasteiger partial charge in [0.15, 0.2) is 0 Å². The SMILES string of the molecule is CCC1CCC(NS(=O)(=O)NC(C)(C)C)(C(=N)N)CC1. The highest BCUT2D eigenvalue weighted by Crippen LogP contribution is 2.34. The minimum absolute atomic E-state index is 0.0914. The summed E-state index contributed by atoms with van der Waals surface area (Å²) in [5, 5.41) is 7.79. The summed E-state index contributed by atoms with van der Waals surface area (Å²) >= 11 is 0. The third-order valence-electron chi connectivity index (χ3n) is 3.82. The predicted octanol–water partition coefficient (Wildman–Crippen LogP) is 1.48. The van der Waals surface area contributed by atoms with Crippen molar-refractivity contribution in [3.63, 3.8) is 0 Å². The van der Waals surface area contributed by atoms with Gasteiger partial charge < -0.3 is 5.73 Å². The first-order valence-electron chi connectivity index (χ1n) is 7.17. The molecule has 118 valence electrons. The highest BCUT2D eigenvalue weighted by molar-refractivity contribution is 7.87. The molecule has 0 heterocycles. The average molecular weight is 304 g/mol. The molecule has 0 amide bonds. The number of nitrogens with two attached hydrogens (primary N) is 1. The van der Waals surface area contributed by atoms with Crippen molar-refractivity contribution in [3.05, 3.63) is 0 Å². The smallest absolute Gasteiger partial charge is 0.278 e. The molecule has 0 unspecified atom stereocenters. The summed E-state index contributed by atoms with van der Waals surface area (Å²) in [6.07, 6.45) is 4.06. The minimum Gasteiger partial charge on any atom is -0.386 e. The third kappa shape index (κ3) is 4.71. The Labute approximate surface area is 122 Å². The zero-order valence-electron chi connectivity index (χ0n) is 12.9. The van der Waals surface area contributed by atoms with Crippen LogP contribution in [0.4, 0.5) is 0 Å². The Morgan fingerprint density at radius 2 is 1.85 bits per heavy atom. The second-order valence-corrected chi connectivity index (χ2v) is 8.22. The maximum absolute atomic E-state index is 12.2. The summed E-state index contributed by atoms with van der Waals surface area (Å²) in [5.74, 6) is 0.508. The largest absolute Gasteiger partial charge is 0.386 e. The molecule has 0 spiro atoms. The number of nitrogens with one attached hydrogen (secondary N) is 3. The van der Waals surface area contributed by atoms with Gasteiger partial charge in [0.2, 0.25) is 0 Å². The van der Waals surface area contributed by atoms with Crippen LogP contribution < -0.4 is 15.2 Å². The molecule has 0 bridgehead atoms. The lowest BCUT2D eigenvalue weighted by molar-refractivity contribution is 0.264. The number of amidine groups is 1.